The van der Waals surface area contributed by atoms with E-state index in [4.69, 9.17) is 4.74 Å². The number of likely N-dealkylation sites (tertiary alicyclic amines) is 1. The van der Waals surface area contributed by atoms with E-state index in [9.17, 15) is 9.59 Å². The Balaban J connectivity index is 1.66. The molecule has 1 aliphatic heterocycles. The predicted molar refractivity (Wildman–Crippen MR) is 101 cm³/mol. The number of hydrogen-bond acceptors (Lipinski definition) is 7. The van der Waals surface area contributed by atoms with Crippen LogP contribution in [0.2, 0.25) is 0 Å². The number of amides is 2. The number of rotatable bonds is 3. The van der Waals surface area contributed by atoms with Gasteiger partial charge in [-0.05, 0) is 0 Å². The van der Waals surface area contributed by atoms with E-state index >= 15 is 0 Å². The fraction of sp³-hybridized carbons (Fsp3) is 0.353. The summed E-state index contributed by atoms with van der Waals surface area (Å²) in [7, 11) is 3.38. The van der Waals surface area contributed by atoms with Gasteiger partial charge in [0.2, 0.25) is 5.88 Å². The van der Waals surface area contributed by atoms with Crippen molar-refractivity contribution in [1.29, 1.82) is 0 Å². The number of ether oxygens (including phenoxy) is 1. The third-order valence-electron chi connectivity index (χ3n) is 4.42. The summed E-state index contributed by atoms with van der Waals surface area (Å²) in [4.78, 5) is 34.3. The lowest BCUT2D eigenvalue weighted by atomic mass is 10.1. The minimum atomic E-state index is -0.253. The summed E-state index contributed by atoms with van der Waals surface area (Å²) in [6.07, 6.45) is 6.17. The van der Waals surface area contributed by atoms with Gasteiger partial charge in [-0.3, -0.25) is 14.8 Å². The molecule has 140 valence electrons. The Morgan fingerprint density at radius 1 is 1.30 bits per heavy atom. The maximum absolute atomic E-state index is 12.5. The summed E-state index contributed by atoms with van der Waals surface area (Å²) in [5, 5.41) is 7.49. The molecule has 0 unspecified atom stereocenters. The van der Waals surface area contributed by atoms with Gasteiger partial charge in [0.1, 0.15) is 11.3 Å². The van der Waals surface area contributed by atoms with E-state index in [1.54, 1.807) is 22.0 Å². The SMILES string of the molecule is COc1ncc(-c2cnn(C)c2)c2sc(NC(=O)N3CCC(=O)CC3)nc12. The number of nitrogens with zero attached hydrogens (tertiary/aromatic N) is 5. The summed E-state index contributed by atoms with van der Waals surface area (Å²) in [6, 6.07) is -0.253. The molecule has 4 rings (SSSR count). The summed E-state index contributed by atoms with van der Waals surface area (Å²) in [5.41, 5.74) is 2.38. The third-order valence-corrected chi connectivity index (χ3v) is 5.42. The molecule has 3 aromatic rings. The van der Waals surface area contributed by atoms with Crippen LogP contribution in [0, 0.1) is 0 Å². The molecule has 0 aliphatic carbocycles. The van der Waals surface area contributed by atoms with Gasteiger partial charge in [0.15, 0.2) is 5.13 Å². The van der Waals surface area contributed by atoms with Gasteiger partial charge in [0.05, 0.1) is 18.0 Å². The van der Waals surface area contributed by atoms with Crippen molar-refractivity contribution in [2.75, 3.05) is 25.5 Å². The second-order valence-electron chi connectivity index (χ2n) is 6.24. The molecule has 0 bridgehead atoms. The van der Waals surface area contributed by atoms with E-state index < -0.39 is 0 Å². The van der Waals surface area contributed by atoms with Crippen LogP contribution in [-0.2, 0) is 11.8 Å². The van der Waals surface area contributed by atoms with Crippen molar-refractivity contribution in [2.45, 2.75) is 12.8 Å². The summed E-state index contributed by atoms with van der Waals surface area (Å²) < 4.78 is 7.90. The average molecular weight is 386 g/mol. The lowest BCUT2D eigenvalue weighted by Gasteiger charge is -2.25. The Morgan fingerprint density at radius 3 is 2.74 bits per heavy atom. The number of aryl methyl sites for hydroxylation is 1. The monoisotopic (exact) mass is 386 g/mol. The minimum absolute atomic E-state index is 0.191. The van der Waals surface area contributed by atoms with Gasteiger partial charge in [-0.25, -0.2) is 14.8 Å². The first-order valence-corrected chi connectivity index (χ1v) is 9.27. The summed E-state index contributed by atoms with van der Waals surface area (Å²) in [5.74, 6) is 0.592. The molecular formula is C17H18N6O3S. The number of thiazole rings is 1. The number of anilines is 1. The number of fused-ring (bicyclic) bond motifs is 1. The van der Waals surface area contributed by atoms with Crippen molar-refractivity contribution in [3.05, 3.63) is 18.6 Å². The molecule has 27 heavy (non-hydrogen) atoms. The van der Waals surface area contributed by atoms with Crippen molar-refractivity contribution >= 4 is 38.5 Å². The van der Waals surface area contributed by atoms with Crippen LogP contribution in [-0.4, -0.2) is 56.7 Å². The molecule has 1 saturated heterocycles. The fourth-order valence-corrected chi connectivity index (χ4v) is 3.97. The van der Waals surface area contributed by atoms with Gasteiger partial charge in [-0.2, -0.15) is 5.10 Å². The van der Waals surface area contributed by atoms with Crippen LogP contribution in [0.3, 0.4) is 0 Å². The molecule has 0 atom stereocenters. The second kappa shape index (κ2) is 6.95. The number of aromatic nitrogens is 4. The summed E-state index contributed by atoms with van der Waals surface area (Å²) in [6.45, 7) is 0.864. The zero-order valence-corrected chi connectivity index (χ0v) is 15.7. The number of nitrogens with one attached hydrogen (secondary N) is 1. The standard InChI is InChI=1S/C17H18N6O3S/c1-22-9-10(7-19-22)12-8-18-15(26-2)13-14(12)27-16(20-13)21-17(25)23-5-3-11(24)4-6-23/h7-9H,3-6H2,1-2H3,(H,20,21,25). The second-order valence-corrected chi connectivity index (χ2v) is 7.24. The molecule has 1 N–H and O–H groups in total. The number of urea groups is 1. The van der Waals surface area contributed by atoms with Gasteiger partial charge in [0.25, 0.3) is 0 Å². The Bertz CT molecular complexity index is 1020. The first-order valence-electron chi connectivity index (χ1n) is 8.45. The first kappa shape index (κ1) is 17.4. The third kappa shape index (κ3) is 3.35. The summed E-state index contributed by atoms with van der Waals surface area (Å²) >= 11 is 1.36. The number of carbonyl (C=O) groups excluding carboxylic acids is 2. The van der Waals surface area contributed by atoms with E-state index in [0.29, 0.717) is 42.5 Å². The van der Waals surface area contributed by atoms with Gasteiger partial charge in [-0.1, -0.05) is 11.3 Å². The van der Waals surface area contributed by atoms with Gasteiger partial charge in [-0.15, -0.1) is 0 Å². The maximum Gasteiger partial charge on any atom is 0.323 e. The van der Waals surface area contributed by atoms with Gasteiger partial charge >= 0.3 is 6.03 Å². The van der Waals surface area contributed by atoms with Crippen molar-refractivity contribution in [1.82, 2.24) is 24.6 Å². The Labute approximate surface area is 159 Å². The molecule has 10 heteroatoms. The zero-order chi connectivity index (χ0) is 19.0. The number of hydrogen-bond donors (Lipinski definition) is 1. The number of pyridine rings is 1. The molecule has 3 aromatic heterocycles. The van der Waals surface area contributed by atoms with Crippen molar-refractivity contribution in [2.24, 2.45) is 7.05 Å². The topological polar surface area (TPSA) is 102 Å². The minimum Gasteiger partial charge on any atom is -0.479 e. The molecule has 0 radical (unpaired) electrons. The largest absolute Gasteiger partial charge is 0.479 e. The van der Waals surface area contributed by atoms with Gasteiger partial charge in [0, 0.05) is 56.5 Å². The highest BCUT2D eigenvalue weighted by molar-refractivity contribution is 7.23. The normalized spacial score (nSPS) is 14.6. The van der Waals surface area contributed by atoms with Crippen molar-refractivity contribution in [3.63, 3.8) is 0 Å². The van der Waals surface area contributed by atoms with Crippen LogP contribution in [0.1, 0.15) is 12.8 Å². The smallest absolute Gasteiger partial charge is 0.323 e. The van der Waals surface area contributed by atoms with Crippen LogP contribution >= 0.6 is 11.3 Å². The van der Waals surface area contributed by atoms with E-state index in [2.05, 4.69) is 20.4 Å². The predicted octanol–water partition coefficient (Wildman–Crippen LogP) is 2.30. The molecular weight excluding hydrogens is 368 g/mol. The Kier molecular flexibility index (Phi) is 4.48. The Morgan fingerprint density at radius 2 is 2.07 bits per heavy atom. The van der Waals surface area contributed by atoms with Crippen LogP contribution in [0.25, 0.3) is 21.3 Å². The van der Waals surface area contributed by atoms with Crippen molar-refractivity contribution < 1.29 is 14.3 Å². The molecule has 1 aliphatic rings. The quantitative estimate of drug-likeness (QED) is 0.741. The number of ketones is 1. The molecule has 4 heterocycles. The van der Waals surface area contributed by atoms with Crippen molar-refractivity contribution in [3.8, 4) is 17.0 Å². The molecule has 0 saturated carbocycles. The van der Waals surface area contributed by atoms with Crippen LogP contribution in [0.5, 0.6) is 5.88 Å². The lowest BCUT2D eigenvalue weighted by Crippen LogP contribution is -2.41. The van der Waals surface area contributed by atoms with E-state index in [1.165, 1.54) is 18.4 Å². The van der Waals surface area contributed by atoms with E-state index in [-0.39, 0.29) is 11.8 Å². The number of methoxy groups -OCH3 is 1. The van der Waals surface area contributed by atoms with Crippen LogP contribution < -0.4 is 10.1 Å². The zero-order valence-electron chi connectivity index (χ0n) is 14.9. The molecule has 9 nitrogen and oxygen atoms in total. The fourth-order valence-electron chi connectivity index (χ4n) is 2.99. The number of Topliss-reactive ketones (excluding diaryl/α,β-unsaturated/α-hetero) is 1. The number of piperidine rings is 1. The highest BCUT2D eigenvalue weighted by Crippen LogP contribution is 2.38. The van der Waals surface area contributed by atoms with Crippen LogP contribution in [0.15, 0.2) is 18.6 Å². The highest BCUT2D eigenvalue weighted by atomic mass is 32.1. The lowest BCUT2D eigenvalue weighted by molar-refractivity contribution is -0.120. The Hall–Kier alpha value is -3.01. The van der Waals surface area contributed by atoms with Crippen LogP contribution in [0.4, 0.5) is 9.93 Å². The molecule has 1 fully saturated rings. The first-order chi connectivity index (χ1) is 13.0. The molecule has 0 spiro atoms. The van der Waals surface area contributed by atoms with Gasteiger partial charge < -0.3 is 9.64 Å². The van der Waals surface area contributed by atoms with E-state index in [0.717, 1.165) is 15.8 Å². The highest BCUT2D eigenvalue weighted by Gasteiger charge is 2.23. The van der Waals surface area contributed by atoms with E-state index in [1.807, 2.05) is 13.2 Å². The average Bonchev–Trinajstić information content (AvgIpc) is 3.27. The molecule has 0 aromatic carbocycles. The number of carbonyl (C=O) groups is 2. The molecule has 2 amide bonds. The maximum atomic E-state index is 12.5.